The van der Waals surface area contributed by atoms with Crippen LogP contribution in [0.15, 0.2) is 12.4 Å². The molecule has 0 saturated heterocycles. The van der Waals surface area contributed by atoms with E-state index in [1.807, 2.05) is 17.9 Å². The molecule has 0 aliphatic carbocycles. The van der Waals surface area contributed by atoms with Crippen molar-refractivity contribution in [3.05, 3.63) is 18.0 Å². The molecule has 80 valence electrons. The molecule has 3 heteroatoms. The minimum Gasteiger partial charge on any atom is -0.276 e. The first-order valence-corrected chi connectivity index (χ1v) is 5.65. The van der Waals surface area contributed by atoms with Gasteiger partial charge in [-0.3, -0.25) is 4.68 Å². The lowest BCUT2D eigenvalue weighted by atomic mass is 10.0. The molecule has 1 unspecified atom stereocenters. The van der Waals surface area contributed by atoms with Gasteiger partial charge in [0.2, 0.25) is 0 Å². The highest BCUT2D eigenvalue weighted by Gasteiger charge is 2.08. The van der Waals surface area contributed by atoms with Crippen LogP contribution in [-0.4, -0.2) is 15.2 Å². The van der Waals surface area contributed by atoms with Crippen LogP contribution < -0.4 is 0 Å². The molecule has 1 rings (SSSR count). The number of aryl methyl sites for hydroxylation is 2. The van der Waals surface area contributed by atoms with Crippen LogP contribution in [0.1, 0.15) is 32.3 Å². The second-order valence-corrected chi connectivity index (χ2v) is 4.74. The van der Waals surface area contributed by atoms with Crippen LogP contribution in [0, 0.1) is 5.92 Å². The van der Waals surface area contributed by atoms with E-state index in [-0.39, 0.29) is 0 Å². The molecule has 0 amide bonds. The highest BCUT2D eigenvalue weighted by atomic mass is 35.5. The van der Waals surface area contributed by atoms with Crippen molar-refractivity contribution in [3.63, 3.8) is 0 Å². The molecule has 1 heterocycles. The second-order valence-electron chi connectivity index (χ2n) is 4.17. The second kappa shape index (κ2) is 5.40. The molecule has 1 aromatic heterocycles. The Bertz CT molecular complexity index is 268. The number of halogens is 1. The summed E-state index contributed by atoms with van der Waals surface area (Å²) < 4.78 is 1.84. The van der Waals surface area contributed by atoms with Crippen molar-refractivity contribution >= 4 is 11.6 Å². The topological polar surface area (TPSA) is 17.8 Å². The number of hydrogen-bond donors (Lipinski definition) is 0. The Morgan fingerprint density at radius 1 is 1.50 bits per heavy atom. The fourth-order valence-electron chi connectivity index (χ4n) is 1.44. The van der Waals surface area contributed by atoms with Crippen LogP contribution in [0.25, 0.3) is 0 Å². The van der Waals surface area contributed by atoms with Crippen molar-refractivity contribution in [2.75, 3.05) is 0 Å². The van der Waals surface area contributed by atoms with Gasteiger partial charge in [-0.1, -0.05) is 13.8 Å². The highest BCUT2D eigenvalue weighted by Crippen LogP contribution is 2.16. The molecule has 0 spiro atoms. The summed E-state index contributed by atoms with van der Waals surface area (Å²) in [4.78, 5) is 0. The molecular formula is C11H19ClN2. The third-order valence-electron chi connectivity index (χ3n) is 2.43. The maximum absolute atomic E-state index is 6.17. The van der Waals surface area contributed by atoms with E-state index in [1.54, 1.807) is 0 Å². The summed E-state index contributed by atoms with van der Waals surface area (Å²) in [5, 5.41) is 4.44. The SMILES string of the molecule is CC(C)C(Cl)CCCc1cnn(C)c1. The van der Waals surface area contributed by atoms with Gasteiger partial charge in [0.15, 0.2) is 0 Å². The predicted octanol–water partition coefficient (Wildman–Crippen LogP) is 3.01. The Hall–Kier alpha value is -0.500. The Balaban J connectivity index is 2.22. The van der Waals surface area contributed by atoms with Crippen LogP contribution in [-0.2, 0) is 13.5 Å². The molecule has 0 aliphatic heterocycles. The van der Waals surface area contributed by atoms with Crippen LogP contribution in [0.3, 0.4) is 0 Å². The molecule has 0 N–H and O–H groups in total. The average molecular weight is 215 g/mol. The summed E-state index contributed by atoms with van der Waals surface area (Å²) in [6.07, 6.45) is 7.33. The van der Waals surface area contributed by atoms with Crippen molar-refractivity contribution in [1.29, 1.82) is 0 Å². The van der Waals surface area contributed by atoms with E-state index in [4.69, 9.17) is 11.6 Å². The van der Waals surface area contributed by atoms with Crippen LogP contribution >= 0.6 is 11.6 Å². The molecule has 1 aromatic rings. The first-order chi connectivity index (χ1) is 6.59. The van der Waals surface area contributed by atoms with Crippen molar-refractivity contribution < 1.29 is 0 Å². The van der Waals surface area contributed by atoms with E-state index >= 15 is 0 Å². The van der Waals surface area contributed by atoms with E-state index in [0.717, 1.165) is 19.3 Å². The number of rotatable bonds is 5. The van der Waals surface area contributed by atoms with Gasteiger partial charge < -0.3 is 0 Å². The van der Waals surface area contributed by atoms with Gasteiger partial charge in [0.25, 0.3) is 0 Å². The van der Waals surface area contributed by atoms with Crippen LogP contribution in [0.2, 0.25) is 0 Å². The molecule has 0 bridgehead atoms. The van der Waals surface area contributed by atoms with Crippen LogP contribution in [0.5, 0.6) is 0 Å². The monoisotopic (exact) mass is 214 g/mol. The number of hydrogen-bond acceptors (Lipinski definition) is 1. The molecule has 0 radical (unpaired) electrons. The number of nitrogens with zero attached hydrogens (tertiary/aromatic N) is 2. The van der Waals surface area contributed by atoms with Crippen molar-refractivity contribution in [3.8, 4) is 0 Å². The van der Waals surface area contributed by atoms with Gasteiger partial charge in [-0.15, -0.1) is 11.6 Å². The molecule has 0 saturated carbocycles. The first-order valence-electron chi connectivity index (χ1n) is 5.21. The summed E-state index contributed by atoms with van der Waals surface area (Å²) in [5.74, 6) is 0.575. The van der Waals surface area contributed by atoms with Gasteiger partial charge >= 0.3 is 0 Å². The Morgan fingerprint density at radius 2 is 2.21 bits per heavy atom. The van der Waals surface area contributed by atoms with E-state index in [2.05, 4.69) is 25.1 Å². The normalized spacial score (nSPS) is 13.5. The van der Waals surface area contributed by atoms with Gasteiger partial charge in [0.1, 0.15) is 0 Å². The van der Waals surface area contributed by atoms with Crippen molar-refractivity contribution in [2.24, 2.45) is 13.0 Å². The fraction of sp³-hybridized carbons (Fsp3) is 0.727. The molecule has 1 atom stereocenters. The summed E-state index contributed by atoms with van der Waals surface area (Å²) >= 11 is 6.17. The predicted molar refractivity (Wildman–Crippen MR) is 60.6 cm³/mol. The van der Waals surface area contributed by atoms with Gasteiger partial charge in [-0.05, 0) is 30.7 Å². The van der Waals surface area contributed by atoms with Gasteiger partial charge in [0, 0.05) is 18.6 Å². The molecule has 2 nitrogen and oxygen atoms in total. The zero-order valence-corrected chi connectivity index (χ0v) is 9.96. The Labute approximate surface area is 91.3 Å². The zero-order valence-electron chi connectivity index (χ0n) is 9.20. The molecule has 14 heavy (non-hydrogen) atoms. The van der Waals surface area contributed by atoms with E-state index in [1.165, 1.54) is 5.56 Å². The summed E-state index contributed by atoms with van der Waals surface area (Å²) in [6, 6.07) is 0. The minimum absolute atomic E-state index is 0.312. The van der Waals surface area contributed by atoms with Crippen molar-refractivity contribution in [1.82, 2.24) is 9.78 Å². The Kier molecular flexibility index (Phi) is 4.46. The van der Waals surface area contributed by atoms with Gasteiger partial charge in [0.05, 0.1) is 6.20 Å². The third-order valence-corrected chi connectivity index (χ3v) is 3.15. The maximum atomic E-state index is 6.17. The van der Waals surface area contributed by atoms with Gasteiger partial charge in [-0.2, -0.15) is 5.10 Å². The van der Waals surface area contributed by atoms with E-state index < -0.39 is 0 Å². The lowest BCUT2D eigenvalue weighted by molar-refractivity contribution is 0.547. The zero-order chi connectivity index (χ0) is 10.6. The Morgan fingerprint density at radius 3 is 2.71 bits per heavy atom. The lowest BCUT2D eigenvalue weighted by Crippen LogP contribution is -2.07. The summed E-state index contributed by atoms with van der Waals surface area (Å²) in [6.45, 7) is 4.34. The third kappa shape index (κ3) is 3.70. The molecular weight excluding hydrogens is 196 g/mol. The maximum Gasteiger partial charge on any atom is 0.0521 e. The van der Waals surface area contributed by atoms with E-state index in [0.29, 0.717) is 11.3 Å². The fourth-order valence-corrected chi connectivity index (χ4v) is 1.59. The number of aromatic nitrogens is 2. The highest BCUT2D eigenvalue weighted by molar-refractivity contribution is 6.20. The largest absolute Gasteiger partial charge is 0.276 e. The smallest absolute Gasteiger partial charge is 0.0521 e. The van der Waals surface area contributed by atoms with Gasteiger partial charge in [-0.25, -0.2) is 0 Å². The first kappa shape index (κ1) is 11.6. The van der Waals surface area contributed by atoms with E-state index in [9.17, 15) is 0 Å². The quantitative estimate of drug-likeness (QED) is 0.690. The molecule has 0 aromatic carbocycles. The summed E-state index contributed by atoms with van der Waals surface area (Å²) in [5.41, 5.74) is 1.31. The average Bonchev–Trinajstić information content (AvgIpc) is 2.51. The van der Waals surface area contributed by atoms with Crippen LogP contribution in [0.4, 0.5) is 0 Å². The molecule has 0 aliphatic rings. The minimum atomic E-state index is 0.312. The number of alkyl halides is 1. The standard InChI is InChI=1S/C11H19ClN2/c1-9(2)11(12)6-4-5-10-7-13-14(3)8-10/h7-9,11H,4-6H2,1-3H3. The lowest BCUT2D eigenvalue weighted by Gasteiger charge is -2.11. The summed E-state index contributed by atoms with van der Waals surface area (Å²) in [7, 11) is 1.95. The molecule has 0 fully saturated rings. The van der Waals surface area contributed by atoms with Crippen molar-refractivity contribution in [2.45, 2.75) is 38.5 Å².